The molecule has 1 saturated heterocycles. The number of piperidine rings is 1. The maximum atomic E-state index is 12.6. The van der Waals surface area contributed by atoms with Gasteiger partial charge < -0.3 is 20.3 Å². The first-order chi connectivity index (χ1) is 12.4. The van der Waals surface area contributed by atoms with Crippen molar-refractivity contribution in [1.29, 1.82) is 0 Å². The van der Waals surface area contributed by atoms with Crippen LogP contribution in [0.2, 0.25) is 0 Å². The van der Waals surface area contributed by atoms with Crippen molar-refractivity contribution in [2.75, 3.05) is 19.6 Å². The lowest BCUT2D eigenvalue weighted by Gasteiger charge is -2.37. The largest absolute Gasteiger partial charge is 0.445 e. The Morgan fingerprint density at radius 1 is 1.27 bits per heavy atom. The molecule has 2 atom stereocenters. The maximum absolute atomic E-state index is 12.6. The van der Waals surface area contributed by atoms with E-state index in [2.05, 4.69) is 0 Å². The molecule has 1 fully saturated rings. The number of carbonyl (C=O) groups excluding carboxylic acids is 2. The number of rotatable bonds is 6. The van der Waals surface area contributed by atoms with Crippen LogP contribution in [-0.4, -0.2) is 53.5 Å². The first-order valence-electron chi connectivity index (χ1n) is 9.40. The third kappa shape index (κ3) is 5.73. The van der Waals surface area contributed by atoms with Crippen molar-refractivity contribution in [2.24, 2.45) is 11.7 Å². The molecule has 0 aromatic heterocycles. The molecule has 2 unspecified atom stereocenters. The second-order valence-electron chi connectivity index (χ2n) is 7.37. The minimum absolute atomic E-state index is 0.0162. The Kier molecular flexibility index (Phi) is 7.45. The van der Waals surface area contributed by atoms with Crippen molar-refractivity contribution in [3.63, 3.8) is 0 Å². The summed E-state index contributed by atoms with van der Waals surface area (Å²) in [6.07, 6.45) is 1.63. The fourth-order valence-electron chi connectivity index (χ4n) is 3.28. The molecule has 1 aliphatic rings. The van der Waals surface area contributed by atoms with E-state index in [1.54, 1.807) is 11.8 Å². The van der Waals surface area contributed by atoms with E-state index in [1.807, 2.05) is 49.1 Å². The number of ether oxygens (including phenoxy) is 1. The van der Waals surface area contributed by atoms with Gasteiger partial charge in [0.05, 0.1) is 6.04 Å². The first-order valence-corrected chi connectivity index (χ1v) is 9.40. The predicted molar refractivity (Wildman–Crippen MR) is 101 cm³/mol. The Bertz CT molecular complexity index is 589. The number of hydrogen-bond donors (Lipinski definition) is 1. The highest BCUT2D eigenvalue weighted by Gasteiger charge is 2.29. The van der Waals surface area contributed by atoms with E-state index in [4.69, 9.17) is 10.5 Å². The van der Waals surface area contributed by atoms with E-state index in [1.165, 1.54) is 0 Å². The summed E-state index contributed by atoms with van der Waals surface area (Å²) >= 11 is 0. The Labute approximate surface area is 156 Å². The van der Waals surface area contributed by atoms with Crippen LogP contribution in [0.15, 0.2) is 30.3 Å². The van der Waals surface area contributed by atoms with Crippen LogP contribution in [0.4, 0.5) is 4.79 Å². The highest BCUT2D eigenvalue weighted by Crippen LogP contribution is 2.20. The van der Waals surface area contributed by atoms with Gasteiger partial charge in [0.1, 0.15) is 6.61 Å². The van der Waals surface area contributed by atoms with Crippen molar-refractivity contribution < 1.29 is 14.3 Å². The molecule has 2 rings (SSSR count). The van der Waals surface area contributed by atoms with Gasteiger partial charge in [-0.15, -0.1) is 0 Å². The van der Waals surface area contributed by atoms with Gasteiger partial charge in [0.2, 0.25) is 5.91 Å². The van der Waals surface area contributed by atoms with Crippen LogP contribution in [0.1, 0.15) is 39.2 Å². The van der Waals surface area contributed by atoms with Crippen molar-refractivity contribution in [3.8, 4) is 0 Å². The van der Waals surface area contributed by atoms with Gasteiger partial charge in [-0.3, -0.25) is 4.79 Å². The SMILES string of the molecule is CC(N)C(=O)N1CCCC(CN(C(=O)OCc2ccccc2)C(C)C)C1. The van der Waals surface area contributed by atoms with Crippen LogP contribution in [0.25, 0.3) is 0 Å². The number of benzene rings is 1. The predicted octanol–water partition coefficient (Wildman–Crippen LogP) is 2.62. The minimum Gasteiger partial charge on any atom is -0.445 e. The molecule has 0 saturated carbocycles. The van der Waals surface area contributed by atoms with Gasteiger partial charge in [-0.25, -0.2) is 4.79 Å². The molecule has 0 bridgehead atoms. The van der Waals surface area contributed by atoms with Crippen LogP contribution in [0.3, 0.4) is 0 Å². The fraction of sp³-hybridized carbons (Fsp3) is 0.600. The summed E-state index contributed by atoms with van der Waals surface area (Å²) < 4.78 is 5.49. The zero-order chi connectivity index (χ0) is 19.1. The van der Waals surface area contributed by atoms with Gasteiger partial charge in [-0.2, -0.15) is 0 Å². The molecule has 0 aliphatic carbocycles. The number of likely N-dealkylation sites (tertiary alicyclic amines) is 1. The van der Waals surface area contributed by atoms with E-state index in [0.717, 1.165) is 24.9 Å². The van der Waals surface area contributed by atoms with Gasteiger partial charge in [0.15, 0.2) is 0 Å². The standard InChI is InChI=1S/C20H31N3O3/c1-15(2)23(20(25)26-14-17-8-5-4-6-9-17)13-18-10-7-11-22(12-18)19(24)16(3)21/h4-6,8-9,15-16,18H,7,10-14,21H2,1-3H3. The molecule has 144 valence electrons. The van der Waals surface area contributed by atoms with E-state index in [9.17, 15) is 9.59 Å². The molecule has 0 spiro atoms. The number of amides is 2. The fourth-order valence-corrected chi connectivity index (χ4v) is 3.28. The zero-order valence-corrected chi connectivity index (χ0v) is 16.1. The molecule has 1 aromatic rings. The molecule has 6 nitrogen and oxygen atoms in total. The average molecular weight is 361 g/mol. The maximum Gasteiger partial charge on any atom is 0.410 e. The van der Waals surface area contributed by atoms with Crippen LogP contribution in [0.5, 0.6) is 0 Å². The number of nitrogens with zero attached hydrogens (tertiary/aromatic N) is 2. The second-order valence-corrected chi connectivity index (χ2v) is 7.37. The molecular formula is C20H31N3O3. The Hall–Kier alpha value is -2.08. The Morgan fingerprint density at radius 2 is 1.96 bits per heavy atom. The topological polar surface area (TPSA) is 75.9 Å². The summed E-state index contributed by atoms with van der Waals surface area (Å²) in [6.45, 7) is 7.94. The molecule has 26 heavy (non-hydrogen) atoms. The van der Waals surface area contributed by atoms with Crippen molar-refractivity contribution in [3.05, 3.63) is 35.9 Å². The lowest BCUT2D eigenvalue weighted by molar-refractivity contribution is -0.134. The Morgan fingerprint density at radius 3 is 2.58 bits per heavy atom. The third-order valence-corrected chi connectivity index (χ3v) is 4.74. The smallest absolute Gasteiger partial charge is 0.410 e. The molecule has 2 N–H and O–H groups in total. The van der Waals surface area contributed by atoms with Crippen molar-refractivity contribution in [1.82, 2.24) is 9.80 Å². The van der Waals surface area contributed by atoms with Crippen LogP contribution >= 0.6 is 0 Å². The quantitative estimate of drug-likeness (QED) is 0.845. The van der Waals surface area contributed by atoms with Crippen molar-refractivity contribution in [2.45, 2.75) is 52.3 Å². The van der Waals surface area contributed by atoms with E-state index >= 15 is 0 Å². The monoisotopic (exact) mass is 361 g/mol. The third-order valence-electron chi connectivity index (χ3n) is 4.74. The second kappa shape index (κ2) is 9.57. The summed E-state index contributed by atoms with van der Waals surface area (Å²) in [6, 6.07) is 9.22. The van der Waals surface area contributed by atoms with Gasteiger partial charge in [-0.05, 0) is 45.1 Å². The first kappa shape index (κ1) is 20.2. The summed E-state index contributed by atoms with van der Waals surface area (Å²) in [5.41, 5.74) is 6.70. The van der Waals surface area contributed by atoms with Gasteiger partial charge in [-0.1, -0.05) is 30.3 Å². The van der Waals surface area contributed by atoms with Crippen LogP contribution in [-0.2, 0) is 16.1 Å². The number of carbonyl (C=O) groups is 2. The molecule has 0 radical (unpaired) electrons. The summed E-state index contributed by atoms with van der Waals surface area (Å²) in [7, 11) is 0. The Balaban J connectivity index is 1.92. The van der Waals surface area contributed by atoms with Crippen LogP contribution < -0.4 is 5.73 Å². The van der Waals surface area contributed by atoms with Gasteiger partial charge >= 0.3 is 6.09 Å². The summed E-state index contributed by atoms with van der Waals surface area (Å²) in [5, 5.41) is 0. The molecule has 6 heteroatoms. The summed E-state index contributed by atoms with van der Waals surface area (Å²) in [4.78, 5) is 28.3. The number of nitrogens with two attached hydrogens (primary N) is 1. The van der Waals surface area contributed by atoms with E-state index < -0.39 is 6.04 Å². The lowest BCUT2D eigenvalue weighted by atomic mass is 9.96. The van der Waals surface area contributed by atoms with E-state index in [-0.39, 0.29) is 30.6 Å². The molecule has 1 heterocycles. The van der Waals surface area contributed by atoms with Gasteiger partial charge in [0.25, 0.3) is 0 Å². The average Bonchev–Trinajstić information content (AvgIpc) is 2.64. The zero-order valence-electron chi connectivity index (χ0n) is 16.1. The van der Waals surface area contributed by atoms with Gasteiger partial charge in [0, 0.05) is 25.7 Å². The lowest BCUT2D eigenvalue weighted by Crippen LogP contribution is -2.50. The molecule has 1 aromatic carbocycles. The molecular weight excluding hydrogens is 330 g/mol. The highest BCUT2D eigenvalue weighted by molar-refractivity contribution is 5.81. The normalized spacial score (nSPS) is 18.5. The number of hydrogen-bond acceptors (Lipinski definition) is 4. The van der Waals surface area contributed by atoms with Crippen LogP contribution in [0, 0.1) is 5.92 Å². The minimum atomic E-state index is -0.481. The molecule has 1 aliphatic heterocycles. The highest BCUT2D eigenvalue weighted by atomic mass is 16.6. The van der Waals surface area contributed by atoms with E-state index in [0.29, 0.717) is 13.1 Å². The van der Waals surface area contributed by atoms with Crippen molar-refractivity contribution >= 4 is 12.0 Å². The molecule has 2 amide bonds. The summed E-state index contributed by atoms with van der Waals surface area (Å²) in [5.74, 6) is 0.232.